The summed E-state index contributed by atoms with van der Waals surface area (Å²) >= 11 is 0. The minimum atomic E-state index is -0.596. The minimum Gasteiger partial charge on any atom is -0.390 e. The van der Waals surface area contributed by atoms with E-state index in [-0.39, 0.29) is 5.92 Å². The molecule has 1 aromatic carbocycles. The van der Waals surface area contributed by atoms with Crippen LogP contribution in [0.3, 0.4) is 0 Å². The standard InChI is InChI=1S/C12H18O/c1-10(2)12(3,13)9-11-7-5-4-6-8-11/h4-8,10,13H,9H2,1-3H3/t12-/m1/s1. The monoisotopic (exact) mass is 178 g/mol. The average Bonchev–Trinajstić information content (AvgIpc) is 2.05. The number of benzene rings is 1. The Morgan fingerprint density at radius 3 is 2.23 bits per heavy atom. The van der Waals surface area contributed by atoms with Crippen molar-refractivity contribution >= 4 is 0 Å². The maximum absolute atomic E-state index is 10.0. The summed E-state index contributed by atoms with van der Waals surface area (Å²) in [6.07, 6.45) is 0.728. The SMILES string of the molecule is CC(C)[C@](C)(O)Cc1ccccc1. The molecule has 0 aliphatic heterocycles. The molecule has 0 radical (unpaired) electrons. The first-order valence-electron chi connectivity index (χ1n) is 4.78. The van der Waals surface area contributed by atoms with Crippen molar-refractivity contribution < 1.29 is 5.11 Å². The Labute approximate surface area is 80.4 Å². The first-order valence-corrected chi connectivity index (χ1v) is 4.78. The van der Waals surface area contributed by atoms with Crippen LogP contribution in [0.15, 0.2) is 30.3 Å². The molecular weight excluding hydrogens is 160 g/mol. The Balaban J connectivity index is 2.69. The van der Waals surface area contributed by atoms with Crippen molar-refractivity contribution in [2.45, 2.75) is 32.8 Å². The van der Waals surface area contributed by atoms with Crippen molar-refractivity contribution in [3.8, 4) is 0 Å². The van der Waals surface area contributed by atoms with Crippen molar-refractivity contribution in [2.75, 3.05) is 0 Å². The molecule has 0 amide bonds. The summed E-state index contributed by atoms with van der Waals surface area (Å²) in [6.45, 7) is 5.98. The van der Waals surface area contributed by atoms with Crippen molar-refractivity contribution in [2.24, 2.45) is 5.92 Å². The van der Waals surface area contributed by atoms with Crippen LogP contribution in [0.5, 0.6) is 0 Å². The van der Waals surface area contributed by atoms with E-state index in [4.69, 9.17) is 0 Å². The lowest BCUT2D eigenvalue weighted by molar-refractivity contribution is 0.0140. The van der Waals surface area contributed by atoms with E-state index in [0.717, 1.165) is 6.42 Å². The van der Waals surface area contributed by atoms with Crippen LogP contribution in [0, 0.1) is 5.92 Å². The zero-order valence-corrected chi connectivity index (χ0v) is 8.62. The average molecular weight is 178 g/mol. The van der Waals surface area contributed by atoms with Crippen LogP contribution >= 0.6 is 0 Å². The molecule has 0 heterocycles. The molecule has 0 aromatic heterocycles. The molecule has 0 saturated heterocycles. The quantitative estimate of drug-likeness (QED) is 0.754. The summed E-state index contributed by atoms with van der Waals surface area (Å²) in [5.41, 5.74) is 0.600. The van der Waals surface area contributed by atoms with Crippen LogP contribution in [0.25, 0.3) is 0 Å². The highest BCUT2D eigenvalue weighted by Crippen LogP contribution is 2.21. The Kier molecular flexibility index (Phi) is 3.10. The van der Waals surface area contributed by atoms with E-state index < -0.39 is 5.60 Å². The van der Waals surface area contributed by atoms with Gasteiger partial charge in [0.25, 0.3) is 0 Å². The number of aliphatic hydroxyl groups is 1. The second-order valence-electron chi connectivity index (χ2n) is 4.17. The van der Waals surface area contributed by atoms with Crippen LogP contribution in [-0.4, -0.2) is 10.7 Å². The predicted molar refractivity (Wildman–Crippen MR) is 55.6 cm³/mol. The van der Waals surface area contributed by atoms with Crippen LogP contribution in [-0.2, 0) is 6.42 Å². The molecular formula is C12H18O. The minimum absolute atomic E-state index is 0.285. The van der Waals surface area contributed by atoms with Gasteiger partial charge in [0.15, 0.2) is 0 Å². The van der Waals surface area contributed by atoms with E-state index in [2.05, 4.69) is 12.1 Å². The van der Waals surface area contributed by atoms with E-state index in [0.29, 0.717) is 0 Å². The summed E-state index contributed by atoms with van der Waals surface area (Å²) < 4.78 is 0. The fourth-order valence-electron chi connectivity index (χ4n) is 1.21. The Hall–Kier alpha value is -0.820. The van der Waals surface area contributed by atoms with E-state index in [1.54, 1.807) is 0 Å². The third-order valence-electron chi connectivity index (χ3n) is 2.65. The molecule has 0 unspecified atom stereocenters. The lowest BCUT2D eigenvalue weighted by Crippen LogP contribution is -2.33. The van der Waals surface area contributed by atoms with Gasteiger partial charge >= 0.3 is 0 Å². The summed E-state index contributed by atoms with van der Waals surface area (Å²) in [7, 11) is 0. The maximum Gasteiger partial charge on any atom is 0.0682 e. The summed E-state index contributed by atoms with van der Waals surface area (Å²) in [5, 5.41) is 10.0. The van der Waals surface area contributed by atoms with E-state index in [9.17, 15) is 5.11 Å². The zero-order chi connectivity index (χ0) is 9.90. The number of hydrogen-bond acceptors (Lipinski definition) is 1. The molecule has 1 aromatic rings. The Bertz CT molecular complexity index is 249. The van der Waals surface area contributed by atoms with Gasteiger partial charge < -0.3 is 5.11 Å². The van der Waals surface area contributed by atoms with E-state index in [1.165, 1.54) is 5.56 Å². The topological polar surface area (TPSA) is 20.2 Å². The molecule has 1 N–H and O–H groups in total. The third-order valence-corrected chi connectivity index (χ3v) is 2.65. The van der Waals surface area contributed by atoms with Crippen LogP contribution in [0.1, 0.15) is 26.3 Å². The predicted octanol–water partition coefficient (Wildman–Crippen LogP) is 2.64. The fourth-order valence-corrected chi connectivity index (χ4v) is 1.21. The van der Waals surface area contributed by atoms with Crippen LogP contribution < -0.4 is 0 Å². The van der Waals surface area contributed by atoms with E-state index in [1.807, 2.05) is 39.0 Å². The highest BCUT2D eigenvalue weighted by atomic mass is 16.3. The lowest BCUT2D eigenvalue weighted by Gasteiger charge is -2.27. The zero-order valence-electron chi connectivity index (χ0n) is 8.62. The van der Waals surface area contributed by atoms with E-state index >= 15 is 0 Å². The van der Waals surface area contributed by atoms with Gasteiger partial charge in [0.2, 0.25) is 0 Å². The normalized spacial score (nSPS) is 15.8. The molecule has 72 valence electrons. The number of hydrogen-bond donors (Lipinski definition) is 1. The van der Waals surface area contributed by atoms with Gasteiger partial charge in [-0.05, 0) is 18.4 Å². The molecule has 1 atom stereocenters. The molecule has 13 heavy (non-hydrogen) atoms. The Morgan fingerprint density at radius 1 is 1.23 bits per heavy atom. The smallest absolute Gasteiger partial charge is 0.0682 e. The van der Waals surface area contributed by atoms with Gasteiger partial charge in [0.1, 0.15) is 0 Å². The fraction of sp³-hybridized carbons (Fsp3) is 0.500. The van der Waals surface area contributed by atoms with Crippen molar-refractivity contribution in [1.29, 1.82) is 0 Å². The first-order chi connectivity index (χ1) is 6.02. The second-order valence-corrected chi connectivity index (χ2v) is 4.17. The molecule has 0 fully saturated rings. The highest BCUT2D eigenvalue weighted by molar-refractivity contribution is 5.16. The Morgan fingerprint density at radius 2 is 1.77 bits per heavy atom. The van der Waals surface area contributed by atoms with Crippen molar-refractivity contribution in [3.05, 3.63) is 35.9 Å². The first kappa shape index (κ1) is 10.3. The van der Waals surface area contributed by atoms with Crippen LogP contribution in [0.4, 0.5) is 0 Å². The van der Waals surface area contributed by atoms with Gasteiger partial charge in [0, 0.05) is 6.42 Å². The number of rotatable bonds is 3. The molecule has 1 rings (SSSR count). The summed E-state index contributed by atoms with van der Waals surface area (Å²) in [4.78, 5) is 0. The summed E-state index contributed by atoms with van der Waals surface area (Å²) in [6, 6.07) is 10.1. The maximum atomic E-state index is 10.0. The van der Waals surface area contributed by atoms with Gasteiger partial charge in [-0.2, -0.15) is 0 Å². The molecule has 0 bridgehead atoms. The van der Waals surface area contributed by atoms with Gasteiger partial charge in [0.05, 0.1) is 5.60 Å². The second kappa shape index (κ2) is 3.93. The van der Waals surface area contributed by atoms with Gasteiger partial charge in [-0.25, -0.2) is 0 Å². The van der Waals surface area contributed by atoms with Crippen molar-refractivity contribution in [3.63, 3.8) is 0 Å². The van der Waals surface area contributed by atoms with Crippen LogP contribution in [0.2, 0.25) is 0 Å². The third kappa shape index (κ3) is 2.85. The molecule has 0 saturated carbocycles. The molecule has 0 aliphatic rings. The van der Waals surface area contributed by atoms with Gasteiger partial charge in [-0.1, -0.05) is 44.2 Å². The molecule has 1 nitrogen and oxygen atoms in total. The van der Waals surface area contributed by atoms with Gasteiger partial charge in [-0.15, -0.1) is 0 Å². The van der Waals surface area contributed by atoms with Gasteiger partial charge in [-0.3, -0.25) is 0 Å². The molecule has 1 heteroatoms. The molecule has 0 aliphatic carbocycles. The largest absolute Gasteiger partial charge is 0.390 e. The summed E-state index contributed by atoms with van der Waals surface area (Å²) in [5.74, 6) is 0.285. The highest BCUT2D eigenvalue weighted by Gasteiger charge is 2.24. The molecule has 0 spiro atoms. The van der Waals surface area contributed by atoms with Crippen molar-refractivity contribution in [1.82, 2.24) is 0 Å². The lowest BCUT2D eigenvalue weighted by atomic mass is 9.86.